The fourth-order valence-corrected chi connectivity index (χ4v) is 1.90. The highest BCUT2D eigenvalue weighted by molar-refractivity contribution is 6.07. The molecular weight excluding hydrogens is 172 g/mol. The summed E-state index contributed by atoms with van der Waals surface area (Å²) in [5.41, 5.74) is 1.71. The van der Waals surface area contributed by atoms with E-state index >= 15 is 0 Å². The average molecular weight is 180 g/mol. The van der Waals surface area contributed by atoms with Gasteiger partial charge in [-0.1, -0.05) is 36.4 Å². The zero-order valence-corrected chi connectivity index (χ0v) is 7.51. The maximum atomic E-state index is 9.87. The van der Waals surface area contributed by atoms with E-state index in [4.69, 9.17) is 0 Å². The molecule has 0 unspecified atom stereocenters. The van der Waals surface area contributed by atoms with E-state index in [0.29, 0.717) is 0 Å². The van der Waals surface area contributed by atoms with Crippen LogP contribution in [-0.4, -0.2) is 4.68 Å². The zero-order valence-electron chi connectivity index (χ0n) is 7.51. The number of aromatic nitrogens is 1. The number of benzene rings is 2. The topological polar surface area (TPSA) is 27.2 Å². The Morgan fingerprint density at radius 2 is 1.14 bits per heavy atom. The maximum Gasteiger partial charge on any atom is 0.0749 e. The minimum atomic E-state index is 0.855. The van der Waals surface area contributed by atoms with Gasteiger partial charge in [-0.25, -0.2) is 4.68 Å². The van der Waals surface area contributed by atoms with Crippen molar-refractivity contribution in [1.29, 1.82) is 0 Å². The van der Waals surface area contributed by atoms with Gasteiger partial charge >= 0.3 is 0 Å². The zero-order chi connectivity index (χ0) is 9.54. The van der Waals surface area contributed by atoms with Crippen molar-refractivity contribution in [3.8, 4) is 0 Å². The van der Waals surface area contributed by atoms with Crippen molar-refractivity contribution >= 4 is 21.8 Å². The molecule has 2 heteroatoms. The molecule has 0 aliphatic rings. The van der Waals surface area contributed by atoms with Gasteiger partial charge in [0, 0.05) is 10.8 Å². The molecule has 0 bridgehead atoms. The first kappa shape index (κ1) is 7.44. The molecule has 1 heterocycles. The van der Waals surface area contributed by atoms with Crippen LogP contribution in [0.4, 0.5) is 0 Å². The summed E-state index contributed by atoms with van der Waals surface area (Å²) < 4.78 is 1.24. The summed E-state index contributed by atoms with van der Waals surface area (Å²) in [5.74, 6) is 9.87. The fraction of sp³-hybridized carbons (Fsp3) is 0. The van der Waals surface area contributed by atoms with Gasteiger partial charge in [-0.15, -0.1) is 0 Å². The first-order chi connectivity index (χ1) is 6.88. The largest absolute Gasteiger partial charge is 0.212 e. The summed E-state index contributed by atoms with van der Waals surface area (Å²) in [6, 6.07) is 15.7. The molecule has 66 valence electrons. The van der Waals surface area contributed by atoms with Crippen LogP contribution in [0.3, 0.4) is 0 Å². The second kappa shape index (κ2) is 2.51. The molecule has 14 heavy (non-hydrogen) atoms. The van der Waals surface area contributed by atoms with Crippen LogP contribution in [0.1, 0.15) is 0 Å². The van der Waals surface area contributed by atoms with Gasteiger partial charge in [0.2, 0.25) is 0 Å². The third-order valence-electron chi connectivity index (χ3n) is 2.55. The number of hydrogen-bond acceptors (Lipinski definition) is 0. The summed E-state index contributed by atoms with van der Waals surface area (Å²) in [6.07, 6.45) is 0. The van der Waals surface area contributed by atoms with Crippen LogP contribution in [0.25, 0.3) is 21.8 Å². The summed E-state index contributed by atoms with van der Waals surface area (Å²) in [6.45, 7) is 0. The van der Waals surface area contributed by atoms with Crippen LogP contribution in [0.5, 0.6) is 0 Å². The third-order valence-corrected chi connectivity index (χ3v) is 2.55. The van der Waals surface area contributed by atoms with Crippen molar-refractivity contribution in [2.45, 2.75) is 0 Å². The third kappa shape index (κ3) is 0.799. The first-order valence-electron chi connectivity index (χ1n) is 4.55. The van der Waals surface area contributed by atoms with E-state index in [1.165, 1.54) is 4.68 Å². The molecule has 0 amide bonds. The molecule has 0 saturated carbocycles. The smallest absolute Gasteiger partial charge is 0.0749 e. The Morgan fingerprint density at radius 3 is 1.64 bits per heavy atom. The normalized spacial score (nSPS) is 11.1. The van der Waals surface area contributed by atoms with Crippen molar-refractivity contribution < 1.29 is 0 Å². The van der Waals surface area contributed by atoms with Crippen LogP contribution in [-0.2, 0) is 0 Å². The molecule has 0 saturated heterocycles. The Bertz CT molecular complexity index is 555. The summed E-state index contributed by atoms with van der Waals surface area (Å²) >= 11 is 0. The van der Waals surface area contributed by atoms with Gasteiger partial charge in [0.05, 0.1) is 11.0 Å². The van der Waals surface area contributed by atoms with E-state index in [2.05, 4.69) is 0 Å². The minimum absolute atomic E-state index is 0.855. The highest BCUT2D eigenvalue weighted by atomic mass is 15.3. The molecule has 0 spiro atoms. The molecule has 2 aromatic carbocycles. The van der Waals surface area contributed by atoms with Gasteiger partial charge in [-0.05, 0) is 18.0 Å². The molecule has 2 nitrogen and oxygen atoms in total. The summed E-state index contributed by atoms with van der Waals surface area (Å²) in [4.78, 5) is 0. The Labute approximate surface area is 81.5 Å². The predicted molar refractivity (Wildman–Crippen MR) is 57.0 cm³/mol. The molecule has 3 aromatic rings. The number of nitrogens with zero attached hydrogens (tertiary/aromatic N) is 2. The molecule has 0 aliphatic heterocycles. The van der Waals surface area contributed by atoms with Gasteiger partial charge < -0.3 is 0 Å². The monoisotopic (exact) mass is 180 g/mol. The Kier molecular flexibility index (Phi) is 1.34. The SMILES string of the molecule is [N]n1c2ccccc2c2ccccc21. The quantitative estimate of drug-likeness (QED) is 0.508. The summed E-state index contributed by atoms with van der Waals surface area (Å²) in [5, 5.41) is 2.18. The van der Waals surface area contributed by atoms with Gasteiger partial charge in [-0.2, -0.15) is 0 Å². The van der Waals surface area contributed by atoms with E-state index in [-0.39, 0.29) is 0 Å². The van der Waals surface area contributed by atoms with Gasteiger partial charge in [-0.3, -0.25) is 0 Å². The molecule has 0 aliphatic carbocycles. The van der Waals surface area contributed by atoms with Crippen molar-refractivity contribution in [2.24, 2.45) is 0 Å². The lowest BCUT2D eigenvalue weighted by Gasteiger charge is -1.90. The first-order valence-corrected chi connectivity index (χ1v) is 4.55. The van der Waals surface area contributed by atoms with Crippen LogP contribution in [0.2, 0.25) is 0 Å². The van der Waals surface area contributed by atoms with E-state index < -0.39 is 0 Å². The van der Waals surface area contributed by atoms with Crippen LogP contribution < -0.4 is 5.84 Å². The van der Waals surface area contributed by atoms with Crippen molar-refractivity contribution in [1.82, 2.24) is 10.5 Å². The van der Waals surface area contributed by atoms with Crippen molar-refractivity contribution in [3.63, 3.8) is 0 Å². The van der Waals surface area contributed by atoms with E-state index in [0.717, 1.165) is 21.8 Å². The molecular formula is C12H8N2. The lowest BCUT2D eigenvalue weighted by atomic mass is 10.2. The van der Waals surface area contributed by atoms with Crippen molar-refractivity contribution in [2.75, 3.05) is 0 Å². The predicted octanol–water partition coefficient (Wildman–Crippen LogP) is 2.63. The lowest BCUT2D eigenvalue weighted by molar-refractivity contribution is 0.923. The number of para-hydroxylation sites is 2. The van der Waals surface area contributed by atoms with Crippen LogP contribution in [0.15, 0.2) is 48.5 Å². The van der Waals surface area contributed by atoms with Crippen LogP contribution >= 0.6 is 0 Å². The highest BCUT2D eigenvalue weighted by Gasteiger charge is 2.07. The van der Waals surface area contributed by atoms with E-state index in [1.807, 2.05) is 48.5 Å². The number of fused-ring (bicyclic) bond motifs is 3. The fourth-order valence-electron chi connectivity index (χ4n) is 1.90. The second-order valence-electron chi connectivity index (χ2n) is 3.35. The molecule has 1 aromatic heterocycles. The van der Waals surface area contributed by atoms with Crippen molar-refractivity contribution in [3.05, 3.63) is 48.5 Å². The Balaban J connectivity index is 2.69. The standard InChI is InChI=1S/C12H8N2/c13-14-11-7-3-1-5-9(11)10-6-2-4-8-12(10)14/h1-8H. The highest BCUT2D eigenvalue weighted by Crippen LogP contribution is 2.26. The number of hydrogen-bond donors (Lipinski definition) is 0. The average Bonchev–Trinajstić information content (AvgIpc) is 2.55. The van der Waals surface area contributed by atoms with Gasteiger partial charge in [0.15, 0.2) is 0 Å². The molecule has 2 radical (unpaired) electrons. The molecule has 3 rings (SSSR count). The minimum Gasteiger partial charge on any atom is -0.212 e. The van der Waals surface area contributed by atoms with Crippen LogP contribution in [0, 0.1) is 0 Å². The number of rotatable bonds is 0. The lowest BCUT2D eigenvalue weighted by Crippen LogP contribution is -1.90. The molecule has 0 fully saturated rings. The van der Waals surface area contributed by atoms with E-state index in [1.54, 1.807) is 0 Å². The Hall–Kier alpha value is -1.96. The maximum absolute atomic E-state index is 9.87. The second-order valence-corrected chi connectivity index (χ2v) is 3.35. The summed E-state index contributed by atoms with van der Waals surface area (Å²) in [7, 11) is 0. The van der Waals surface area contributed by atoms with E-state index in [9.17, 15) is 5.84 Å². The van der Waals surface area contributed by atoms with Gasteiger partial charge in [0.25, 0.3) is 0 Å². The van der Waals surface area contributed by atoms with Gasteiger partial charge in [0.1, 0.15) is 0 Å². The molecule has 0 atom stereocenters. The molecule has 0 N–H and O–H groups in total. The Morgan fingerprint density at radius 1 is 0.714 bits per heavy atom.